The minimum absolute atomic E-state index is 0.166. The summed E-state index contributed by atoms with van der Waals surface area (Å²) in [5.41, 5.74) is 0. The molecule has 0 saturated heterocycles. The van der Waals surface area contributed by atoms with Crippen LogP contribution in [0.1, 0.15) is 44.9 Å². The molecule has 0 fully saturated rings. The van der Waals surface area contributed by atoms with Crippen LogP contribution in [0.25, 0.3) is 0 Å². The minimum atomic E-state index is -0.166. The molecule has 17 heavy (non-hydrogen) atoms. The highest BCUT2D eigenvalue weighted by Crippen LogP contribution is 2.10. The Kier molecular flexibility index (Phi) is 7.01. The smallest absolute Gasteiger partial charge is 0.253 e. The summed E-state index contributed by atoms with van der Waals surface area (Å²) in [5.74, 6) is 0.535. The highest BCUT2D eigenvalue weighted by atomic mass is 32.1. The highest BCUT2D eigenvalue weighted by Gasteiger charge is 2.21. The third-order valence-electron chi connectivity index (χ3n) is 2.93. The van der Waals surface area contributed by atoms with Gasteiger partial charge in [0.05, 0.1) is 0 Å². The van der Waals surface area contributed by atoms with E-state index in [1.54, 1.807) is 0 Å². The lowest BCUT2D eigenvalue weighted by molar-refractivity contribution is -0.136. The van der Waals surface area contributed by atoms with Crippen molar-refractivity contribution in [3.63, 3.8) is 0 Å². The van der Waals surface area contributed by atoms with Crippen LogP contribution in [-0.4, -0.2) is 29.0 Å². The van der Waals surface area contributed by atoms with Crippen LogP contribution in [0.4, 0.5) is 0 Å². The molecule has 95 valence electrons. The summed E-state index contributed by atoms with van der Waals surface area (Å²) < 4.78 is 0. The molecule has 0 aromatic carbocycles. The van der Waals surface area contributed by atoms with E-state index in [1.165, 1.54) is 42.7 Å². The zero-order chi connectivity index (χ0) is 12.5. The van der Waals surface area contributed by atoms with E-state index in [0.29, 0.717) is 6.54 Å². The molecule has 3 nitrogen and oxygen atoms in total. The lowest BCUT2D eigenvalue weighted by atomic mass is 10.1. The van der Waals surface area contributed by atoms with Gasteiger partial charge in [-0.25, -0.2) is 0 Å². The van der Waals surface area contributed by atoms with Gasteiger partial charge in [-0.15, -0.1) is 0 Å². The molecule has 1 aliphatic heterocycles. The number of nitrogens with zero attached hydrogens (tertiary/aromatic N) is 1. The van der Waals surface area contributed by atoms with E-state index in [4.69, 9.17) is 12.6 Å². The molecule has 1 heterocycles. The third kappa shape index (κ3) is 5.39. The van der Waals surface area contributed by atoms with Crippen LogP contribution in [0.2, 0.25) is 0 Å². The average molecular weight is 254 g/mol. The highest BCUT2D eigenvalue weighted by molar-refractivity contribution is 7.80. The van der Waals surface area contributed by atoms with Crippen molar-refractivity contribution < 1.29 is 9.59 Å². The van der Waals surface area contributed by atoms with Crippen LogP contribution in [-0.2, 0) is 9.59 Å². The maximum absolute atomic E-state index is 11.2. The Hall–Kier alpha value is -0.770. The molecule has 1 radical (unpaired) electrons. The zero-order valence-corrected chi connectivity index (χ0v) is 11.0. The fourth-order valence-electron chi connectivity index (χ4n) is 1.91. The van der Waals surface area contributed by atoms with E-state index in [-0.39, 0.29) is 11.8 Å². The number of carbonyl (C=O) groups excluding carboxylic acids is 2. The van der Waals surface area contributed by atoms with Crippen LogP contribution >= 0.6 is 12.6 Å². The fraction of sp³-hybridized carbons (Fsp3) is 0.692. The molecule has 4 heteroatoms. The molecule has 0 N–H and O–H groups in total. The van der Waals surface area contributed by atoms with Crippen LogP contribution in [0, 0.1) is 0 Å². The molecule has 0 spiro atoms. The maximum atomic E-state index is 11.2. The number of hydrogen-bond acceptors (Lipinski definition) is 2. The molecule has 0 aliphatic carbocycles. The topological polar surface area (TPSA) is 37.4 Å². The Balaban J connectivity index is 1.94. The summed E-state index contributed by atoms with van der Waals surface area (Å²) in [6, 6.07) is 0. The Labute approximate surface area is 109 Å². The van der Waals surface area contributed by atoms with Crippen LogP contribution in [0.5, 0.6) is 0 Å². The predicted molar refractivity (Wildman–Crippen MR) is 70.6 cm³/mol. The molecule has 0 aromatic heterocycles. The van der Waals surface area contributed by atoms with Gasteiger partial charge in [0.1, 0.15) is 0 Å². The van der Waals surface area contributed by atoms with E-state index < -0.39 is 0 Å². The second kappa shape index (κ2) is 8.34. The minimum Gasteiger partial charge on any atom is -0.275 e. The molecule has 0 saturated carbocycles. The van der Waals surface area contributed by atoms with Gasteiger partial charge in [0, 0.05) is 24.4 Å². The summed E-state index contributed by atoms with van der Waals surface area (Å²) in [4.78, 5) is 23.8. The largest absolute Gasteiger partial charge is 0.275 e. The lowest BCUT2D eigenvalue weighted by Gasteiger charge is -2.12. The van der Waals surface area contributed by atoms with Gasteiger partial charge in [-0.2, -0.15) is 0 Å². The molecular formula is C13H20NO2S. The summed E-state index contributed by atoms with van der Waals surface area (Å²) >= 11 is 4.88. The molecule has 0 atom stereocenters. The maximum Gasteiger partial charge on any atom is 0.253 e. The SMILES string of the molecule is O=C1C=CC(=O)N1CCCCCCCCC[S]. The van der Waals surface area contributed by atoms with Gasteiger partial charge in [0.2, 0.25) is 0 Å². The first-order chi connectivity index (χ1) is 8.25. The first-order valence-corrected chi connectivity index (χ1v) is 6.95. The molecule has 0 aromatic rings. The van der Waals surface area contributed by atoms with Crippen molar-refractivity contribution in [1.29, 1.82) is 0 Å². The van der Waals surface area contributed by atoms with E-state index in [1.807, 2.05) is 0 Å². The van der Waals surface area contributed by atoms with Crippen molar-refractivity contribution in [3.05, 3.63) is 12.2 Å². The second-order valence-electron chi connectivity index (χ2n) is 4.34. The first-order valence-electron chi connectivity index (χ1n) is 6.37. The van der Waals surface area contributed by atoms with Gasteiger partial charge in [-0.1, -0.05) is 44.7 Å². The molecule has 2 amide bonds. The fourth-order valence-corrected chi connectivity index (χ4v) is 2.11. The van der Waals surface area contributed by atoms with Crippen molar-refractivity contribution in [2.24, 2.45) is 0 Å². The van der Waals surface area contributed by atoms with Gasteiger partial charge >= 0.3 is 0 Å². The van der Waals surface area contributed by atoms with E-state index in [9.17, 15) is 9.59 Å². The van der Waals surface area contributed by atoms with Crippen molar-refractivity contribution in [3.8, 4) is 0 Å². The Morgan fingerprint density at radius 1 is 0.824 bits per heavy atom. The first kappa shape index (κ1) is 14.3. The Morgan fingerprint density at radius 3 is 1.82 bits per heavy atom. The molecule has 0 unspecified atom stereocenters. The van der Waals surface area contributed by atoms with E-state index in [0.717, 1.165) is 25.0 Å². The molecule has 0 bridgehead atoms. The van der Waals surface area contributed by atoms with Crippen molar-refractivity contribution >= 4 is 24.4 Å². The van der Waals surface area contributed by atoms with Gasteiger partial charge in [0.15, 0.2) is 0 Å². The number of amides is 2. The lowest BCUT2D eigenvalue weighted by Crippen LogP contribution is -2.30. The quantitative estimate of drug-likeness (QED) is 0.468. The summed E-state index contributed by atoms with van der Waals surface area (Å²) in [7, 11) is 0. The number of carbonyl (C=O) groups is 2. The van der Waals surface area contributed by atoms with Gasteiger partial charge in [0.25, 0.3) is 11.8 Å². The van der Waals surface area contributed by atoms with E-state index in [2.05, 4.69) is 0 Å². The monoisotopic (exact) mass is 254 g/mol. The van der Waals surface area contributed by atoms with Crippen LogP contribution < -0.4 is 0 Å². The summed E-state index contributed by atoms with van der Waals surface area (Å²) in [6.45, 7) is 0.566. The number of hydrogen-bond donors (Lipinski definition) is 0. The van der Waals surface area contributed by atoms with Crippen LogP contribution in [0.15, 0.2) is 12.2 Å². The second-order valence-corrected chi connectivity index (χ2v) is 4.75. The predicted octanol–water partition coefficient (Wildman–Crippen LogP) is 2.84. The van der Waals surface area contributed by atoms with Gasteiger partial charge in [-0.3, -0.25) is 14.5 Å². The molecular weight excluding hydrogens is 234 g/mol. The summed E-state index contributed by atoms with van der Waals surface area (Å²) in [5, 5.41) is 0. The number of imide groups is 1. The summed E-state index contributed by atoms with van der Waals surface area (Å²) in [6.07, 6.45) is 10.7. The molecule has 1 rings (SSSR count). The average Bonchev–Trinajstić information content (AvgIpc) is 2.63. The number of unbranched alkanes of at least 4 members (excludes halogenated alkanes) is 6. The normalized spacial score (nSPS) is 15.0. The molecule has 1 aliphatic rings. The van der Waals surface area contributed by atoms with Crippen molar-refractivity contribution in [2.45, 2.75) is 44.9 Å². The third-order valence-corrected chi connectivity index (χ3v) is 3.22. The zero-order valence-electron chi connectivity index (χ0n) is 10.2. The number of rotatable bonds is 9. The Morgan fingerprint density at radius 2 is 1.29 bits per heavy atom. The van der Waals surface area contributed by atoms with Gasteiger partial charge < -0.3 is 0 Å². The van der Waals surface area contributed by atoms with Gasteiger partial charge in [-0.05, 0) is 12.8 Å². The standard InChI is InChI=1S/C13H20NO2S/c15-12-8-9-13(16)14(12)10-6-4-2-1-3-5-7-11-17/h8-9H,1-7,10-11H2. The Bertz CT molecular complexity index is 271. The van der Waals surface area contributed by atoms with E-state index >= 15 is 0 Å². The van der Waals surface area contributed by atoms with Crippen molar-refractivity contribution in [2.75, 3.05) is 12.3 Å². The van der Waals surface area contributed by atoms with Crippen LogP contribution in [0.3, 0.4) is 0 Å². The van der Waals surface area contributed by atoms with Crippen molar-refractivity contribution in [1.82, 2.24) is 4.90 Å².